The van der Waals surface area contributed by atoms with Crippen molar-refractivity contribution in [2.45, 2.75) is 38.8 Å². The summed E-state index contributed by atoms with van der Waals surface area (Å²) in [7, 11) is 0. The number of nitrogens with zero attached hydrogens (tertiary/aromatic N) is 1. The number of ether oxygens (including phenoxy) is 2. The molecule has 1 heterocycles. The van der Waals surface area contributed by atoms with Gasteiger partial charge >= 0.3 is 11.9 Å². The number of benzene rings is 3. The normalized spacial score (nSPS) is 15.0. The number of carboxylic acid groups (broad SMARTS) is 2. The van der Waals surface area contributed by atoms with E-state index in [9.17, 15) is 9.59 Å². The Labute approximate surface area is 229 Å². The number of allylic oxidation sites excluding steroid dienone is 1. The molecule has 0 amide bonds. The van der Waals surface area contributed by atoms with Crippen LogP contribution in [0.15, 0.2) is 101 Å². The number of hydrogen-bond donors (Lipinski definition) is 2. The van der Waals surface area contributed by atoms with Crippen LogP contribution in [0.1, 0.15) is 27.8 Å². The molecule has 0 spiro atoms. The van der Waals surface area contributed by atoms with Gasteiger partial charge in [0.15, 0.2) is 6.23 Å². The third-order valence-corrected chi connectivity index (χ3v) is 6.72. The van der Waals surface area contributed by atoms with Crippen LogP contribution in [0.2, 0.25) is 0 Å². The Balaban J connectivity index is 1.49. The van der Waals surface area contributed by atoms with Gasteiger partial charge in [0.05, 0.1) is 23.9 Å². The molecule has 1 aliphatic heterocycles. The van der Waals surface area contributed by atoms with Crippen molar-refractivity contribution in [3.05, 3.63) is 129 Å². The smallest absolute Gasteiger partial charge is 0.307 e. The molecule has 3 aromatic carbocycles. The van der Waals surface area contributed by atoms with Gasteiger partial charge < -0.3 is 24.6 Å². The molecule has 38 heavy (non-hydrogen) atoms. The molecule has 7 nitrogen and oxygen atoms in total. The predicted octanol–water partition coefficient (Wildman–Crippen LogP) is 5.64. The van der Waals surface area contributed by atoms with Gasteiger partial charge in [0, 0.05) is 12.7 Å². The number of carboxylic acids is 2. The first kappa shape index (κ1) is 27.2. The Morgan fingerprint density at radius 1 is 0.737 bits per heavy atom. The summed E-state index contributed by atoms with van der Waals surface area (Å²) >= 11 is 3.71. The average Bonchev–Trinajstić information content (AvgIpc) is 2.90. The number of carbonyl (C=O) groups is 2. The molecule has 0 saturated heterocycles. The predicted molar refractivity (Wildman–Crippen MR) is 146 cm³/mol. The first-order valence-corrected chi connectivity index (χ1v) is 12.9. The van der Waals surface area contributed by atoms with Crippen molar-refractivity contribution in [3.63, 3.8) is 0 Å². The zero-order valence-corrected chi connectivity index (χ0v) is 22.2. The lowest BCUT2D eigenvalue weighted by molar-refractivity contribution is -0.137. The molecule has 2 N–H and O–H groups in total. The van der Waals surface area contributed by atoms with Gasteiger partial charge in [0.1, 0.15) is 12.4 Å². The lowest BCUT2D eigenvalue weighted by Crippen LogP contribution is -2.35. The minimum absolute atomic E-state index is 0.0166. The molecule has 0 radical (unpaired) electrons. The fraction of sp³-hybridized carbons (Fsp3) is 0.200. The summed E-state index contributed by atoms with van der Waals surface area (Å²) in [6.07, 6.45) is 3.31. The molecule has 0 fully saturated rings. The van der Waals surface area contributed by atoms with E-state index in [2.05, 4.69) is 15.9 Å². The van der Waals surface area contributed by atoms with Gasteiger partial charge in [-0.05, 0) is 49.8 Å². The van der Waals surface area contributed by atoms with Crippen LogP contribution in [0.4, 0.5) is 0 Å². The maximum atomic E-state index is 11.0. The lowest BCUT2D eigenvalue weighted by Gasteiger charge is -2.34. The highest BCUT2D eigenvalue weighted by atomic mass is 79.9. The maximum Gasteiger partial charge on any atom is 0.307 e. The summed E-state index contributed by atoms with van der Waals surface area (Å²) in [5.74, 6) is -1.06. The van der Waals surface area contributed by atoms with Crippen LogP contribution < -0.4 is 0 Å². The van der Waals surface area contributed by atoms with Gasteiger partial charge in [-0.2, -0.15) is 0 Å². The Kier molecular flexibility index (Phi) is 9.35. The van der Waals surface area contributed by atoms with Crippen LogP contribution in [0.3, 0.4) is 0 Å². The van der Waals surface area contributed by atoms with Crippen LogP contribution in [0.25, 0.3) is 0 Å². The first-order chi connectivity index (χ1) is 18.4. The molecule has 0 aromatic heterocycles. The molecule has 0 saturated carbocycles. The van der Waals surface area contributed by atoms with Crippen LogP contribution in [0, 0.1) is 0 Å². The van der Waals surface area contributed by atoms with E-state index in [0.29, 0.717) is 25.5 Å². The van der Waals surface area contributed by atoms with Gasteiger partial charge in [-0.15, -0.1) is 0 Å². The summed E-state index contributed by atoms with van der Waals surface area (Å²) in [6, 6.07) is 24.7. The van der Waals surface area contributed by atoms with E-state index in [1.807, 2.05) is 83.9 Å². The monoisotopic (exact) mass is 577 g/mol. The topological polar surface area (TPSA) is 96.3 Å². The van der Waals surface area contributed by atoms with Crippen molar-refractivity contribution >= 4 is 27.9 Å². The summed E-state index contributed by atoms with van der Waals surface area (Å²) in [5, 5.41) is 18.0. The fourth-order valence-corrected chi connectivity index (χ4v) is 4.64. The Morgan fingerprint density at radius 3 is 1.84 bits per heavy atom. The molecule has 196 valence electrons. The molecule has 3 aromatic rings. The van der Waals surface area contributed by atoms with E-state index >= 15 is 0 Å². The standard InChI is InChI=1S/C30H28BrNO6/c31-29-26(37-19-24-4-2-1-3-5-24)14-15-32(18-23-10-6-21(7-11-23)16-27(33)34)30(29)38-20-25-12-8-22(9-13-25)17-28(35)36/h1-15,30H,16-20H2,(H,33,34)(H,35,36). The molecule has 0 aliphatic carbocycles. The molecule has 1 atom stereocenters. The van der Waals surface area contributed by atoms with Crippen molar-refractivity contribution in [2.75, 3.05) is 0 Å². The SMILES string of the molecule is O=C(O)Cc1ccc(COC2C(Br)=C(OCc3ccccc3)C=CN2Cc2ccc(CC(=O)O)cc2)cc1. The summed E-state index contributed by atoms with van der Waals surface area (Å²) in [6.45, 7) is 1.26. The van der Waals surface area contributed by atoms with Crippen LogP contribution in [-0.2, 0) is 51.7 Å². The second-order valence-electron chi connectivity index (χ2n) is 8.91. The van der Waals surface area contributed by atoms with E-state index < -0.39 is 18.2 Å². The molecule has 1 aliphatic rings. The van der Waals surface area contributed by atoms with Crippen LogP contribution >= 0.6 is 15.9 Å². The third-order valence-electron chi connectivity index (χ3n) is 5.94. The molecule has 4 rings (SSSR count). The van der Waals surface area contributed by atoms with E-state index in [1.54, 1.807) is 12.1 Å². The van der Waals surface area contributed by atoms with Crippen molar-refractivity contribution in [1.29, 1.82) is 0 Å². The molecular weight excluding hydrogens is 550 g/mol. The summed E-state index contributed by atoms with van der Waals surface area (Å²) in [4.78, 5) is 24.0. The Hall–Kier alpha value is -3.88. The van der Waals surface area contributed by atoms with Crippen molar-refractivity contribution in [3.8, 4) is 0 Å². The molecule has 0 bridgehead atoms. The van der Waals surface area contributed by atoms with Crippen molar-refractivity contribution in [2.24, 2.45) is 0 Å². The van der Waals surface area contributed by atoms with Gasteiger partial charge in [-0.1, -0.05) is 78.9 Å². The Bertz CT molecular complexity index is 1300. The third kappa shape index (κ3) is 7.81. The summed E-state index contributed by atoms with van der Waals surface area (Å²) in [5.41, 5.74) is 4.44. The zero-order chi connectivity index (χ0) is 26.9. The van der Waals surface area contributed by atoms with Crippen LogP contribution in [-0.4, -0.2) is 33.3 Å². The van der Waals surface area contributed by atoms with E-state index in [-0.39, 0.29) is 12.8 Å². The van der Waals surface area contributed by atoms with Crippen molar-refractivity contribution in [1.82, 2.24) is 4.90 Å². The van der Waals surface area contributed by atoms with Crippen molar-refractivity contribution < 1.29 is 29.3 Å². The largest absolute Gasteiger partial charge is 0.488 e. The fourth-order valence-electron chi connectivity index (χ4n) is 4.00. The molecular formula is C30H28BrNO6. The molecule has 1 unspecified atom stereocenters. The lowest BCUT2D eigenvalue weighted by atomic mass is 10.1. The van der Waals surface area contributed by atoms with Gasteiger partial charge in [0.25, 0.3) is 0 Å². The summed E-state index contributed by atoms with van der Waals surface area (Å²) < 4.78 is 13.2. The van der Waals surface area contributed by atoms with Crippen LogP contribution in [0.5, 0.6) is 0 Å². The quantitative estimate of drug-likeness (QED) is 0.287. The number of aliphatic carboxylic acids is 2. The van der Waals surface area contributed by atoms with Gasteiger partial charge in [0.2, 0.25) is 0 Å². The van der Waals surface area contributed by atoms with Gasteiger partial charge in [-0.3, -0.25) is 9.59 Å². The minimum atomic E-state index is -0.869. The molecule has 8 heteroatoms. The minimum Gasteiger partial charge on any atom is -0.488 e. The number of halogens is 1. The first-order valence-electron chi connectivity index (χ1n) is 12.1. The number of rotatable bonds is 12. The highest BCUT2D eigenvalue weighted by Gasteiger charge is 2.27. The van der Waals surface area contributed by atoms with E-state index in [0.717, 1.165) is 32.3 Å². The van der Waals surface area contributed by atoms with E-state index in [4.69, 9.17) is 19.7 Å². The highest BCUT2D eigenvalue weighted by Crippen LogP contribution is 2.31. The maximum absolute atomic E-state index is 11.0. The highest BCUT2D eigenvalue weighted by molar-refractivity contribution is 9.11. The second-order valence-corrected chi connectivity index (χ2v) is 9.77. The second kappa shape index (κ2) is 13.1. The zero-order valence-electron chi connectivity index (χ0n) is 20.6. The number of hydrogen-bond acceptors (Lipinski definition) is 5. The van der Waals surface area contributed by atoms with E-state index in [1.165, 1.54) is 0 Å². The average molecular weight is 578 g/mol. The van der Waals surface area contributed by atoms with Gasteiger partial charge in [-0.25, -0.2) is 0 Å². The Morgan fingerprint density at radius 2 is 1.26 bits per heavy atom.